The predicted molar refractivity (Wildman–Crippen MR) is 58.2 cm³/mol. The van der Waals surface area contributed by atoms with E-state index in [1.165, 1.54) is 12.1 Å². The molecule has 0 unspecified atom stereocenters. The molecule has 1 rings (SSSR count). The zero-order chi connectivity index (χ0) is 12.0. The number of nitrogens with one attached hydrogen (secondary N) is 1. The van der Waals surface area contributed by atoms with Gasteiger partial charge in [0, 0.05) is 6.07 Å². The Morgan fingerprint density at radius 2 is 2.19 bits per heavy atom. The summed E-state index contributed by atoms with van der Waals surface area (Å²) in [4.78, 5) is 21.2. The van der Waals surface area contributed by atoms with Gasteiger partial charge in [-0.3, -0.25) is 14.9 Å². The molecule has 0 aliphatic heterocycles. The van der Waals surface area contributed by atoms with Crippen LogP contribution in [0.15, 0.2) is 24.3 Å². The maximum Gasteiger partial charge on any atom is 0.325 e. The minimum atomic E-state index is -0.506. The van der Waals surface area contributed by atoms with Crippen molar-refractivity contribution in [2.24, 2.45) is 0 Å². The Morgan fingerprint density at radius 1 is 1.50 bits per heavy atom. The van der Waals surface area contributed by atoms with Crippen LogP contribution in [0, 0.1) is 10.1 Å². The van der Waals surface area contributed by atoms with E-state index >= 15 is 0 Å². The molecule has 0 aliphatic carbocycles. The Kier molecular flexibility index (Phi) is 4.26. The number of carbonyl (C=O) groups excluding carboxylic acids is 1. The van der Waals surface area contributed by atoms with Gasteiger partial charge in [0.25, 0.3) is 5.69 Å². The van der Waals surface area contributed by atoms with Crippen LogP contribution >= 0.6 is 0 Å². The van der Waals surface area contributed by atoms with Gasteiger partial charge in [0.1, 0.15) is 12.2 Å². The van der Waals surface area contributed by atoms with E-state index in [0.29, 0.717) is 5.69 Å². The van der Waals surface area contributed by atoms with Gasteiger partial charge in [-0.1, -0.05) is 12.1 Å². The molecule has 16 heavy (non-hydrogen) atoms. The molecule has 0 heterocycles. The molecule has 6 heteroatoms. The summed E-state index contributed by atoms with van der Waals surface area (Å²) in [5, 5.41) is 13.3. The summed E-state index contributed by atoms with van der Waals surface area (Å²) in [6.45, 7) is 1.90. The van der Waals surface area contributed by atoms with Gasteiger partial charge in [-0.05, 0) is 13.0 Å². The van der Waals surface area contributed by atoms with E-state index in [4.69, 9.17) is 4.74 Å². The Bertz CT molecular complexity index is 392. The van der Waals surface area contributed by atoms with E-state index in [2.05, 4.69) is 5.32 Å². The van der Waals surface area contributed by atoms with Gasteiger partial charge in [0.15, 0.2) is 0 Å². The molecule has 0 amide bonds. The second-order valence-electron chi connectivity index (χ2n) is 2.93. The van der Waals surface area contributed by atoms with Crippen LogP contribution in [0.2, 0.25) is 0 Å². The predicted octanol–water partition coefficient (Wildman–Crippen LogP) is 1.57. The van der Waals surface area contributed by atoms with Gasteiger partial charge >= 0.3 is 5.97 Å². The molecule has 1 aromatic carbocycles. The number of hydrogen-bond acceptors (Lipinski definition) is 5. The third kappa shape index (κ3) is 3.23. The summed E-state index contributed by atoms with van der Waals surface area (Å²) >= 11 is 0. The van der Waals surface area contributed by atoms with Crippen molar-refractivity contribution in [2.45, 2.75) is 6.92 Å². The Morgan fingerprint density at radius 3 is 2.81 bits per heavy atom. The topological polar surface area (TPSA) is 81.5 Å². The summed E-state index contributed by atoms with van der Waals surface area (Å²) in [6.07, 6.45) is 0. The van der Waals surface area contributed by atoms with Gasteiger partial charge in [-0.2, -0.15) is 0 Å². The van der Waals surface area contributed by atoms with E-state index in [0.717, 1.165) is 0 Å². The molecule has 1 aromatic rings. The number of nitrogens with zero attached hydrogens (tertiary/aromatic N) is 1. The fourth-order valence-electron chi connectivity index (χ4n) is 1.16. The third-order valence-corrected chi connectivity index (χ3v) is 1.83. The highest BCUT2D eigenvalue weighted by Gasteiger charge is 2.12. The number of rotatable bonds is 5. The standard InChI is InChI=1S/C10H12N2O4/c1-2-16-10(13)7-11-8-5-3-4-6-9(8)12(14)15/h3-6,11H,2,7H2,1H3. The molecule has 0 saturated carbocycles. The molecule has 0 atom stereocenters. The van der Waals surface area contributed by atoms with Gasteiger partial charge in [-0.25, -0.2) is 0 Å². The largest absolute Gasteiger partial charge is 0.465 e. The molecular formula is C10H12N2O4. The molecule has 6 nitrogen and oxygen atoms in total. The Balaban J connectivity index is 2.66. The first kappa shape index (κ1) is 12.0. The second kappa shape index (κ2) is 5.69. The lowest BCUT2D eigenvalue weighted by atomic mass is 10.2. The van der Waals surface area contributed by atoms with Crippen LogP contribution in [0.3, 0.4) is 0 Å². The number of nitro groups is 1. The summed E-state index contributed by atoms with van der Waals surface area (Å²) < 4.78 is 4.69. The number of hydrogen-bond donors (Lipinski definition) is 1. The average Bonchev–Trinajstić information content (AvgIpc) is 2.27. The van der Waals surface area contributed by atoms with Crippen molar-refractivity contribution < 1.29 is 14.5 Å². The van der Waals surface area contributed by atoms with Crippen molar-refractivity contribution in [1.29, 1.82) is 0 Å². The van der Waals surface area contributed by atoms with Crippen molar-refractivity contribution in [1.82, 2.24) is 0 Å². The molecule has 0 spiro atoms. The zero-order valence-electron chi connectivity index (χ0n) is 8.80. The fraction of sp³-hybridized carbons (Fsp3) is 0.300. The van der Waals surface area contributed by atoms with Crippen LogP contribution in [0.1, 0.15) is 6.92 Å². The molecule has 0 fully saturated rings. The molecule has 0 aliphatic rings. The quantitative estimate of drug-likeness (QED) is 0.466. The number of benzene rings is 1. The normalized spacial score (nSPS) is 9.56. The molecule has 0 saturated heterocycles. The first-order chi connectivity index (χ1) is 7.65. The summed E-state index contributed by atoms with van der Waals surface area (Å²) in [5.74, 6) is -0.444. The van der Waals surface area contributed by atoms with Gasteiger partial charge < -0.3 is 10.1 Å². The van der Waals surface area contributed by atoms with Crippen LogP contribution in [-0.4, -0.2) is 24.0 Å². The fourth-order valence-corrected chi connectivity index (χ4v) is 1.16. The molecule has 0 bridgehead atoms. The lowest BCUT2D eigenvalue weighted by Crippen LogP contribution is -2.17. The maximum absolute atomic E-state index is 11.0. The molecule has 0 aromatic heterocycles. The van der Waals surface area contributed by atoms with E-state index in [1.807, 2.05) is 0 Å². The van der Waals surface area contributed by atoms with E-state index in [-0.39, 0.29) is 18.8 Å². The highest BCUT2D eigenvalue weighted by Crippen LogP contribution is 2.22. The van der Waals surface area contributed by atoms with Crippen molar-refractivity contribution in [3.63, 3.8) is 0 Å². The van der Waals surface area contributed by atoms with Crippen molar-refractivity contribution >= 4 is 17.3 Å². The number of anilines is 1. The van der Waals surface area contributed by atoms with Crippen LogP contribution in [0.25, 0.3) is 0 Å². The van der Waals surface area contributed by atoms with Crippen molar-refractivity contribution in [2.75, 3.05) is 18.5 Å². The smallest absolute Gasteiger partial charge is 0.325 e. The highest BCUT2D eigenvalue weighted by molar-refractivity contribution is 5.76. The number of para-hydroxylation sites is 2. The van der Waals surface area contributed by atoms with Gasteiger partial charge in [0.05, 0.1) is 11.5 Å². The Labute approximate surface area is 92.4 Å². The monoisotopic (exact) mass is 224 g/mol. The maximum atomic E-state index is 11.0. The summed E-state index contributed by atoms with van der Waals surface area (Å²) in [6, 6.07) is 6.12. The van der Waals surface area contributed by atoms with Crippen molar-refractivity contribution in [3.8, 4) is 0 Å². The van der Waals surface area contributed by atoms with E-state index < -0.39 is 10.9 Å². The third-order valence-electron chi connectivity index (χ3n) is 1.83. The lowest BCUT2D eigenvalue weighted by Gasteiger charge is -2.05. The minimum absolute atomic E-state index is 0.0631. The highest BCUT2D eigenvalue weighted by atomic mass is 16.6. The van der Waals surface area contributed by atoms with Gasteiger partial charge in [0.2, 0.25) is 0 Å². The summed E-state index contributed by atoms with van der Waals surface area (Å²) in [7, 11) is 0. The zero-order valence-corrected chi connectivity index (χ0v) is 8.80. The average molecular weight is 224 g/mol. The van der Waals surface area contributed by atoms with Crippen LogP contribution in [0.4, 0.5) is 11.4 Å². The van der Waals surface area contributed by atoms with Crippen LogP contribution in [0.5, 0.6) is 0 Å². The number of nitro benzene ring substituents is 1. The second-order valence-corrected chi connectivity index (χ2v) is 2.93. The molecule has 0 radical (unpaired) electrons. The SMILES string of the molecule is CCOC(=O)CNc1ccccc1[N+](=O)[O-]. The lowest BCUT2D eigenvalue weighted by molar-refractivity contribution is -0.383. The van der Waals surface area contributed by atoms with Crippen LogP contribution in [-0.2, 0) is 9.53 Å². The van der Waals surface area contributed by atoms with Gasteiger partial charge in [-0.15, -0.1) is 0 Å². The summed E-state index contributed by atoms with van der Waals surface area (Å²) in [5.41, 5.74) is 0.243. The van der Waals surface area contributed by atoms with E-state index in [9.17, 15) is 14.9 Å². The molecule has 86 valence electrons. The van der Waals surface area contributed by atoms with Crippen LogP contribution < -0.4 is 5.32 Å². The number of esters is 1. The Hall–Kier alpha value is -2.11. The first-order valence-electron chi connectivity index (χ1n) is 4.78. The number of carbonyl (C=O) groups is 1. The first-order valence-corrected chi connectivity index (χ1v) is 4.78. The van der Waals surface area contributed by atoms with E-state index in [1.54, 1.807) is 19.1 Å². The van der Waals surface area contributed by atoms with Crippen molar-refractivity contribution in [3.05, 3.63) is 34.4 Å². The minimum Gasteiger partial charge on any atom is -0.465 e. The molecule has 1 N–H and O–H groups in total. The number of ether oxygens (including phenoxy) is 1. The molecular weight excluding hydrogens is 212 g/mol.